The van der Waals surface area contributed by atoms with Gasteiger partial charge in [-0.3, -0.25) is 14.4 Å². The molecule has 194 valence electrons. The maximum absolute atomic E-state index is 13.6. The number of nitrogens with one attached hydrogen (secondary N) is 1. The average molecular weight is 495 g/mol. The van der Waals surface area contributed by atoms with E-state index in [2.05, 4.69) is 24.4 Å². The Kier molecular flexibility index (Phi) is 9.28. The lowest BCUT2D eigenvalue weighted by molar-refractivity contribution is -0.141. The largest absolute Gasteiger partial charge is 0.496 e. The number of methoxy groups -OCH3 is 2. The molecule has 1 N–H and O–H groups in total. The summed E-state index contributed by atoms with van der Waals surface area (Å²) in [5.74, 6) is 0.128. The van der Waals surface area contributed by atoms with E-state index in [0.717, 1.165) is 35.3 Å². The van der Waals surface area contributed by atoms with Gasteiger partial charge in [-0.05, 0) is 61.4 Å². The molecular weight excluding hydrogens is 456 g/mol. The number of rotatable bonds is 10. The van der Waals surface area contributed by atoms with Gasteiger partial charge in [0.25, 0.3) is 5.56 Å². The Bertz CT molecular complexity index is 1210. The Morgan fingerprint density at radius 2 is 1.94 bits per heavy atom. The highest BCUT2D eigenvalue weighted by molar-refractivity contribution is 5.83. The van der Waals surface area contributed by atoms with Gasteiger partial charge in [0.2, 0.25) is 5.91 Å². The van der Waals surface area contributed by atoms with Crippen molar-refractivity contribution in [3.63, 3.8) is 0 Å². The minimum absolute atomic E-state index is 0. The molecule has 0 aliphatic heterocycles. The third kappa shape index (κ3) is 6.53. The van der Waals surface area contributed by atoms with Crippen LogP contribution in [0, 0.1) is 5.92 Å². The van der Waals surface area contributed by atoms with E-state index in [-0.39, 0.29) is 25.2 Å². The summed E-state index contributed by atoms with van der Waals surface area (Å²) in [7, 11) is 2.95. The van der Waals surface area contributed by atoms with Crippen LogP contribution in [0.5, 0.6) is 5.75 Å². The summed E-state index contributed by atoms with van der Waals surface area (Å²) in [6.45, 7) is 6.11. The third-order valence-corrected chi connectivity index (χ3v) is 6.45. The van der Waals surface area contributed by atoms with Crippen molar-refractivity contribution in [3.05, 3.63) is 81.8 Å². The molecule has 0 saturated carbocycles. The van der Waals surface area contributed by atoms with Crippen molar-refractivity contribution in [2.24, 2.45) is 5.92 Å². The van der Waals surface area contributed by atoms with Crippen LogP contribution in [0.2, 0.25) is 0 Å². The molecule has 1 aliphatic carbocycles. The second-order valence-corrected chi connectivity index (χ2v) is 9.53. The predicted octanol–water partition coefficient (Wildman–Crippen LogP) is 5.23. The van der Waals surface area contributed by atoms with Gasteiger partial charge < -0.3 is 19.4 Å². The minimum atomic E-state index is -0.706. The number of aromatic nitrogens is 1. The normalized spacial score (nSPS) is 14.9. The van der Waals surface area contributed by atoms with Crippen LogP contribution in [-0.2, 0) is 14.3 Å². The molecule has 0 saturated heterocycles. The van der Waals surface area contributed by atoms with E-state index in [1.807, 2.05) is 32.0 Å². The fourth-order valence-corrected chi connectivity index (χ4v) is 4.51. The highest BCUT2D eigenvalue weighted by Gasteiger charge is 2.27. The van der Waals surface area contributed by atoms with Gasteiger partial charge in [0.1, 0.15) is 11.8 Å². The number of carbonyl (C=O) groups is 2. The summed E-state index contributed by atoms with van der Waals surface area (Å²) in [6, 6.07) is 9.15. The van der Waals surface area contributed by atoms with Crippen LogP contribution in [0.25, 0.3) is 5.57 Å². The Hall–Kier alpha value is -3.61. The number of ether oxygens (including phenoxy) is 2. The molecule has 7 nitrogen and oxygen atoms in total. The van der Waals surface area contributed by atoms with E-state index in [1.54, 1.807) is 25.4 Å². The maximum atomic E-state index is 13.6. The van der Waals surface area contributed by atoms with Crippen LogP contribution in [0.15, 0.2) is 65.1 Å². The Morgan fingerprint density at radius 3 is 2.58 bits per heavy atom. The summed E-state index contributed by atoms with van der Waals surface area (Å²) in [6.07, 6.45) is 8.25. The molecule has 7 heteroatoms. The van der Waals surface area contributed by atoms with Crippen molar-refractivity contribution in [3.8, 4) is 5.75 Å². The lowest BCUT2D eigenvalue weighted by Crippen LogP contribution is -2.40. The average Bonchev–Trinajstić information content (AvgIpc) is 2.87. The van der Waals surface area contributed by atoms with Crippen LogP contribution in [0.3, 0.4) is 0 Å². The third-order valence-electron chi connectivity index (χ3n) is 6.45. The predicted molar refractivity (Wildman–Crippen MR) is 143 cm³/mol. The summed E-state index contributed by atoms with van der Waals surface area (Å²) >= 11 is 0. The molecule has 1 aliphatic rings. The zero-order chi connectivity index (χ0) is 26.2. The Labute approximate surface area is 214 Å². The number of amides is 1. The molecule has 0 spiro atoms. The SMILES string of the molecule is COC(=O)CC(NC(=O)C(CC(C)C)n1ccccc1=O)c1ccc(OC)c(C2=C(C)CCC=C2)c1.[HH]. The first kappa shape index (κ1) is 27.0. The van der Waals surface area contributed by atoms with Gasteiger partial charge in [0.05, 0.1) is 26.7 Å². The van der Waals surface area contributed by atoms with Crippen molar-refractivity contribution in [1.82, 2.24) is 9.88 Å². The minimum Gasteiger partial charge on any atom is -0.496 e. The van der Waals surface area contributed by atoms with Crippen molar-refractivity contribution < 1.29 is 20.5 Å². The van der Waals surface area contributed by atoms with E-state index in [1.165, 1.54) is 23.3 Å². The first-order chi connectivity index (χ1) is 17.2. The second-order valence-electron chi connectivity index (χ2n) is 9.53. The van der Waals surface area contributed by atoms with Gasteiger partial charge in [-0.15, -0.1) is 0 Å². The monoisotopic (exact) mass is 494 g/mol. The van der Waals surface area contributed by atoms with Gasteiger partial charge in [0.15, 0.2) is 0 Å². The number of carbonyl (C=O) groups excluding carboxylic acids is 2. The quantitative estimate of drug-likeness (QED) is 0.457. The molecule has 3 rings (SSSR count). The van der Waals surface area contributed by atoms with Crippen molar-refractivity contribution in [1.29, 1.82) is 0 Å². The van der Waals surface area contributed by atoms with Crippen molar-refractivity contribution >= 4 is 17.4 Å². The summed E-state index contributed by atoms with van der Waals surface area (Å²) < 4.78 is 12.0. The van der Waals surface area contributed by atoms with E-state index in [0.29, 0.717) is 6.42 Å². The van der Waals surface area contributed by atoms with Gasteiger partial charge in [-0.25, -0.2) is 0 Å². The van der Waals surface area contributed by atoms with Crippen LogP contribution < -0.4 is 15.6 Å². The van der Waals surface area contributed by atoms with E-state index < -0.39 is 18.1 Å². The molecule has 2 unspecified atom stereocenters. The molecule has 0 fully saturated rings. The van der Waals surface area contributed by atoms with Crippen LogP contribution >= 0.6 is 0 Å². The summed E-state index contributed by atoms with van der Waals surface area (Å²) in [4.78, 5) is 38.4. The summed E-state index contributed by atoms with van der Waals surface area (Å²) in [5.41, 5.74) is 3.75. The lowest BCUT2D eigenvalue weighted by atomic mass is 9.90. The highest BCUT2D eigenvalue weighted by Crippen LogP contribution is 2.35. The lowest BCUT2D eigenvalue weighted by Gasteiger charge is -2.26. The number of nitrogens with zero attached hydrogens (tertiary/aromatic N) is 1. The molecule has 1 aromatic carbocycles. The number of allylic oxidation sites excluding steroid dienone is 4. The number of hydrogen-bond donors (Lipinski definition) is 1. The van der Waals surface area contributed by atoms with Crippen LogP contribution in [0.1, 0.15) is 71.1 Å². The Morgan fingerprint density at radius 1 is 1.17 bits per heavy atom. The van der Waals surface area contributed by atoms with Crippen molar-refractivity contribution in [2.75, 3.05) is 14.2 Å². The molecule has 1 amide bonds. The fraction of sp³-hybridized carbons (Fsp3) is 0.414. The molecular formula is C29H38N2O5. The van der Waals surface area contributed by atoms with Gasteiger partial charge in [0, 0.05) is 19.3 Å². The van der Waals surface area contributed by atoms with Gasteiger partial charge >= 0.3 is 5.97 Å². The molecule has 1 aromatic heterocycles. The standard InChI is InChI=1S/C29H36N2O5.H2/c1-19(2)16-25(31-15-9-8-12-27(31)32)29(34)30-24(18-28(33)36-5)21-13-14-26(35-4)23(17-21)22-11-7-6-10-20(22)3;/h7-9,11-15,17,19,24-25H,6,10,16,18H2,1-5H3,(H,30,34);1H. The van der Waals surface area contributed by atoms with Gasteiger partial charge in [-0.2, -0.15) is 0 Å². The smallest absolute Gasteiger partial charge is 0.307 e. The second kappa shape index (κ2) is 12.4. The Balaban J connectivity index is 0.00000481. The van der Waals surface area contributed by atoms with Crippen molar-refractivity contribution in [2.45, 2.75) is 58.5 Å². The molecule has 0 bridgehead atoms. The molecule has 2 atom stereocenters. The van der Waals surface area contributed by atoms with Crippen LogP contribution in [-0.4, -0.2) is 30.7 Å². The van der Waals surface area contributed by atoms with E-state index >= 15 is 0 Å². The zero-order valence-corrected chi connectivity index (χ0v) is 21.7. The van der Waals surface area contributed by atoms with Crippen LogP contribution in [0.4, 0.5) is 0 Å². The zero-order valence-electron chi connectivity index (χ0n) is 21.7. The maximum Gasteiger partial charge on any atom is 0.307 e. The first-order valence-electron chi connectivity index (χ1n) is 12.3. The van der Waals surface area contributed by atoms with E-state index in [4.69, 9.17) is 9.47 Å². The number of pyridine rings is 1. The number of hydrogen-bond acceptors (Lipinski definition) is 5. The molecule has 1 heterocycles. The topological polar surface area (TPSA) is 86.6 Å². The molecule has 36 heavy (non-hydrogen) atoms. The number of benzene rings is 1. The first-order valence-corrected chi connectivity index (χ1v) is 12.3. The van der Waals surface area contributed by atoms with Gasteiger partial charge in [-0.1, -0.05) is 43.7 Å². The fourth-order valence-electron chi connectivity index (χ4n) is 4.51. The highest BCUT2D eigenvalue weighted by atomic mass is 16.5. The number of esters is 1. The molecule has 0 radical (unpaired) electrons. The summed E-state index contributed by atoms with van der Waals surface area (Å²) in [5, 5.41) is 3.03. The molecule has 2 aromatic rings. The van der Waals surface area contributed by atoms with E-state index in [9.17, 15) is 14.4 Å².